The number of aromatic nitrogens is 1. The molecule has 1 amide bonds. The van der Waals surface area contributed by atoms with E-state index in [4.69, 9.17) is 19.9 Å². The first-order valence-corrected chi connectivity index (χ1v) is 8.15. The number of carbonyl (C=O) groups excluding carboxylic acids is 1. The van der Waals surface area contributed by atoms with Crippen LogP contribution in [0.3, 0.4) is 0 Å². The van der Waals surface area contributed by atoms with Gasteiger partial charge >= 0.3 is 0 Å². The number of carbonyl (C=O) groups is 1. The molecule has 2 aromatic rings. The number of amides is 1. The molecule has 1 heterocycles. The van der Waals surface area contributed by atoms with E-state index >= 15 is 0 Å². The number of hydrogen-bond acceptors (Lipinski definition) is 7. The van der Waals surface area contributed by atoms with Gasteiger partial charge in [-0.25, -0.2) is 4.98 Å². The van der Waals surface area contributed by atoms with Gasteiger partial charge in [0.25, 0.3) is 0 Å². The van der Waals surface area contributed by atoms with Crippen molar-refractivity contribution in [3.63, 3.8) is 0 Å². The van der Waals surface area contributed by atoms with Crippen LogP contribution in [0.5, 0.6) is 11.5 Å². The summed E-state index contributed by atoms with van der Waals surface area (Å²) in [5.74, 6) is 1.05. The van der Waals surface area contributed by atoms with Crippen LogP contribution in [-0.4, -0.2) is 44.9 Å². The topological polar surface area (TPSA) is 86.9 Å². The van der Waals surface area contributed by atoms with Crippen molar-refractivity contribution in [2.24, 2.45) is 5.73 Å². The van der Waals surface area contributed by atoms with Crippen LogP contribution >= 0.6 is 23.7 Å². The van der Waals surface area contributed by atoms with Crippen LogP contribution in [0.2, 0.25) is 0 Å². The lowest BCUT2D eigenvalue weighted by Gasteiger charge is -2.24. The monoisotopic (exact) mass is 387 g/mol. The van der Waals surface area contributed by atoms with Crippen LogP contribution in [0.1, 0.15) is 5.56 Å². The van der Waals surface area contributed by atoms with E-state index in [2.05, 4.69) is 4.98 Å². The summed E-state index contributed by atoms with van der Waals surface area (Å²) in [4.78, 5) is 18.4. The molecule has 7 nitrogen and oxygen atoms in total. The molecule has 1 aromatic heterocycles. The highest BCUT2D eigenvalue weighted by Gasteiger charge is 2.25. The highest BCUT2D eigenvalue weighted by Crippen LogP contribution is 2.28. The Morgan fingerprint density at radius 1 is 1.32 bits per heavy atom. The van der Waals surface area contributed by atoms with Gasteiger partial charge in [0, 0.05) is 30.3 Å². The van der Waals surface area contributed by atoms with Crippen LogP contribution in [0.15, 0.2) is 29.8 Å². The van der Waals surface area contributed by atoms with Crippen molar-refractivity contribution in [1.29, 1.82) is 0 Å². The zero-order valence-corrected chi connectivity index (χ0v) is 15.9. The average molecular weight is 388 g/mol. The van der Waals surface area contributed by atoms with E-state index in [-0.39, 0.29) is 31.5 Å². The van der Waals surface area contributed by atoms with E-state index in [1.165, 1.54) is 18.4 Å². The number of halogens is 1. The maximum atomic E-state index is 12.7. The molecule has 138 valence electrons. The smallest absolute Gasteiger partial charge is 0.248 e. The molecule has 1 aromatic carbocycles. The first-order valence-electron chi connectivity index (χ1n) is 7.27. The van der Waals surface area contributed by atoms with Crippen LogP contribution in [0.4, 0.5) is 5.13 Å². The Morgan fingerprint density at radius 3 is 2.64 bits per heavy atom. The average Bonchev–Trinajstić information content (AvgIpc) is 3.13. The number of rotatable bonds is 8. The molecule has 25 heavy (non-hydrogen) atoms. The van der Waals surface area contributed by atoms with Crippen molar-refractivity contribution >= 4 is 34.8 Å². The van der Waals surface area contributed by atoms with E-state index in [1.807, 2.05) is 17.5 Å². The van der Waals surface area contributed by atoms with E-state index in [9.17, 15) is 4.79 Å². The zero-order valence-electron chi connectivity index (χ0n) is 14.3. The fourth-order valence-electron chi connectivity index (χ4n) is 2.19. The summed E-state index contributed by atoms with van der Waals surface area (Å²) in [7, 11) is 4.67. The van der Waals surface area contributed by atoms with Crippen LogP contribution < -0.4 is 20.1 Å². The molecular weight excluding hydrogens is 366 g/mol. The molecule has 0 spiro atoms. The Morgan fingerprint density at radius 2 is 2.08 bits per heavy atom. The van der Waals surface area contributed by atoms with Crippen molar-refractivity contribution < 1.29 is 19.0 Å². The summed E-state index contributed by atoms with van der Waals surface area (Å²) < 4.78 is 15.6. The van der Waals surface area contributed by atoms with Gasteiger partial charge in [0.1, 0.15) is 17.5 Å². The van der Waals surface area contributed by atoms with Gasteiger partial charge in [0.05, 0.1) is 27.4 Å². The van der Waals surface area contributed by atoms with Crippen molar-refractivity contribution in [1.82, 2.24) is 4.98 Å². The fourth-order valence-corrected chi connectivity index (χ4v) is 2.84. The first kappa shape index (κ1) is 21.2. The third kappa shape index (κ3) is 5.30. The highest BCUT2D eigenvalue weighted by molar-refractivity contribution is 7.13. The summed E-state index contributed by atoms with van der Waals surface area (Å²) in [6.07, 6.45) is 1.65. The fraction of sp³-hybridized carbons (Fsp3) is 0.375. The largest absolute Gasteiger partial charge is 0.497 e. The lowest BCUT2D eigenvalue weighted by Crippen LogP contribution is -2.46. The van der Waals surface area contributed by atoms with Crippen molar-refractivity contribution in [3.8, 4) is 11.5 Å². The van der Waals surface area contributed by atoms with Gasteiger partial charge in [-0.05, 0) is 12.1 Å². The van der Waals surface area contributed by atoms with Crippen LogP contribution in [0, 0.1) is 0 Å². The Kier molecular flexibility index (Phi) is 8.64. The van der Waals surface area contributed by atoms with Gasteiger partial charge in [-0.1, -0.05) is 0 Å². The number of benzene rings is 1. The molecule has 1 atom stereocenters. The Balaban J connectivity index is 0.00000312. The summed E-state index contributed by atoms with van der Waals surface area (Å²) in [5, 5.41) is 2.38. The third-order valence-electron chi connectivity index (χ3n) is 3.40. The minimum atomic E-state index is -0.761. The summed E-state index contributed by atoms with van der Waals surface area (Å²) in [6.45, 7) is 0.428. The molecule has 0 aliphatic heterocycles. The Bertz CT molecular complexity index is 669. The highest BCUT2D eigenvalue weighted by atomic mass is 35.5. The summed E-state index contributed by atoms with van der Waals surface area (Å²) >= 11 is 1.37. The van der Waals surface area contributed by atoms with Gasteiger partial charge in [0.15, 0.2) is 5.13 Å². The second kappa shape index (κ2) is 10.2. The van der Waals surface area contributed by atoms with Gasteiger partial charge in [-0.3, -0.25) is 9.69 Å². The van der Waals surface area contributed by atoms with Crippen molar-refractivity contribution in [2.45, 2.75) is 12.6 Å². The predicted octanol–water partition coefficient (Wildman–Crippen LogP) is 2.09. The quantitative estimate of drug-likeness (QED) is 0.746. The molecule has 0 fully saturated rings. The lowest BCUT2D eigenvalue weighted by molar-refractivity contribution is -0.121. The number of anilines is 1. The molecule has 0 aliphatic carbocycles. The third-order valence-corrected chi connectivity index (χ3v) is 4.20. The van der Waals surface area contributed by atoms with Crippen LogP contribution in [-0.2, 0) is 16.1 Å². The van der Waals surface area contributed by atoms with E-state index in [1.54, 1.807) is 31.4 Å². The Hall–Kier alpha value is -1.87. The number of nitrogens with zero attached hydrogens (tertiary/aromatic N) is 2. The van der Waals surface area contributed by atoms with E-state index in [0.717, 1.165) is 5.56 Å². The molecule has 0 aliphatic rings. The standard InChI is InChI=1S/C16H21N3O4S.ClH/c1-21-10-13(17)15(20)19(16-18-6-7-24-16)9-11-4-5-12(22-2)8-14(11)23-3;/h4-8,13H,9-10,17H2,1-3H3;1H. The van der Waals surface area contributed by atoms with Gasteiger partial charge in [-0.15, -0.1) is 23.7 Å². The molecule has 1 unspecified atom stereocenters. The first-order chi connectivity index (χ1) is 11.6. The van der Waals surface area contributed by atoms with Crippen molar-refractivity contribution in [3.05, 3.63) is 35.3 Å². The number of nitrogens with two attached hydrogens (primary N) is 1. The molecule has 0 saturated heterocycles. The second-order valence-electron chi connectivity index (χ2n) is 4.98. The maximum Gasteiger partial charge on any atom is 0.248 e. The molecule has 2 rings (SSSR count). The second-order valence-corrected chi connectivity index (χ2v) is 5.85. The Labute approximate surface area is 157 Å². The predicted molar refractivity (Wildman–Crippen MR) is 99.9 cm³/mol. The molecular formula is C16H22ClN3O4S. The molecule has 2 N–H and O–H groups in total. The van der Waals surface area contributed by atoms with Crippen LogP contribution in [0.25, 0.3) is 0 Å². The molecule has 0 bridgehead atoms. The lowest BCUT2D eigenvalue weighted by atomic mass is 10.1. The zero-order chi connectivity index (χ0) is 17.5. The van der Waals surface area contributed by atoms with E-state index in [0.29, 0.717) is 16.6 Å². The van der Waals surface area contributed by atoms with Gasteiger partial charge in [-0.2, -0.15) is 0 Å². The number of methoxy groups -OCH3 is 3. The number of thiazole rings is 1. The SMILES string of the molecule is COCC(N)C(=O)N(Cc1ccc(OC)cc1OC)c1nccs1.Cl. The van der Waals surface area contributed by atoms with E-state index < -0.39 is 6.04 Å². The van der Waals surface area contributed by atoms with Crippen molar-refractivity contribution in [2.75, 3.05) is 32.8 Å². The minimum absolute atomic E-state index is 0. The summed E-state index contributed by atoms with van der Waals surface area (Å²) in [5.41, 5.74) is 6.74. The molecule has 0 radical (unpaired) electrons. The van der Waals surface area contributed by atoms with Gasteiger partial charge in [0.2, 0.25) is 5.91 Å². The number of ether oxygens (including phenoxy) is 3. The molecule has 0 saturated carbocycles. The normalized spacial score (nSPS) is 11.4. The minimum Gasteiger partial charge on any atom is -0.497 e. The number of hydrogen-bond donors (Lipinski definition) is 1. The summed E-state index contributed by atoms with van der Waals surface area (Å²) in [6, 6.07) is 4.68. The van der Waals surface area contributed by atoms with Gasteiger partial charge < -0.3 is 19.9 Å². The molecule has 9 heteroatoms. The maximum absolute atomic E-state index is 12.7.